The van der Waals surface area contributed by atoms with Crippen molar-refractivity contribution in [1.29, 1.82) is 0 Å². The SMILES string of the molecule is CCOc1ccc(N2C(=O)c3oc4cc(C)c(C)cc4c(=O)c3C2c2ccccc2)cc1. The number of carbonyl (C=O) groups is 1. The zero-order valence-corrected chi connectivity index (χ0v) is 18.2. The zero-order valence-electron chi connectivity index (χ0n) is 18.2. The number of hydrogen-bond donors (Lipinski definition) is 0. The van der Waals surface area contributed by atoms with E-state index in [9.17, 15) is 9.59 Å². The molecule has 0 saturated carbocycles. The lowest BCUT2D eigenvalue weighted by atomic mass is 9.97. The van der Waals surface area contributed by atoms with Gasteiger partial charge in [-0.2, -0.15) is 0 Å². The second-order valence-electron chi connectivity index (χ2n) is 8.02. The number of benzene rings is 3. The number of aryl methyl sites for hydroxylation is 2. The molecule has 4 aromatic rings. The minimum atomic E-state index is -0.570. The molecule has 32 heavy (non-hydrogen) atoms. The topological polar surface area (TPSA) is 59.8 Å². The average Bonchev–Trinajstić information content (AvgIpc) is 3.09. The number of fused-ring (bicyclic) bond motifs is 2. The van der Waals surface area contributed by atoms with Gasteiger partial charge in [-0.25, -0.2) is 0 Å². The molecule has 1 atom stereocenters. The average molecular weight is 425 g/mol. The molecule has 5 heteroatoms. The molecule has 1 aliphatic heterocycles. The number of carbonyl (C=O) groups excluding carboxylic acids is 1. The van der Waals surface area contributed by atoms with Crippen LogP contribution in [0, 0.1) is 13.8 Å². The molecular formula is C27H23NO4. The third-order valence-electron chi connectivity index (χ3n) is 6.03. The zero-order chi connectivity index (χ0) is 22.4. The first-order valence-corrected chi connectivity index (χ1v) is 10.7. The highest BCUT2D eigenvalue weighted by Crippen LogP contribution is 2.41. The molecule has 160 valence electrons. The van der Waals surface area contributed by atoms with Gasteiger partial charge in [-0.05, 0) is 73.9 Å². The monoisotopic (exact) mass is 425 g/mol. The first kappa shape index (κ1) is 20.1. The standard InChI is InChI=1S/C27H23NO4/c1-4-31-20-12-10-19(11-13-20)28-24(18-8-6-5-7-9-18)23-25(29)21-14-16(2)17(3)15-22(21)32-26(23)27(28)30/h5-15,24H,4H2,1-3H3. The largest absolute Gasteiger partial charge is 0.494 e. The minimum absolute atomic E-state index is 0.105. The van der Waals surface area contributed by atoms with Crippen LogP contribution in [-0.4, -0.2) is 12.5 Å². The van der Waals surface area contributed by atoms with Crippen LogP contribution < -0.4 is 15.1 Å². The molecule has 0 fully saturated rings. The van der Waals surface area contributed by atoms with Gasteiger partial charge in [0.15, 0.2) is 5.43 Å². The number of amides is 1. The second-order valence-corrected chi connectivity index (χ2v) is 8.02. The molecule has 0 N–H and O–H groups in total. The van der Waals surface area contributed by atoms with Crippen LogP contribution in [0.2, 0.25) is 0 Å². The van der Waals surface area contributed by atoms with Crippen LogP contribution in [-0.2, 0) is 0 Å². The molecule has 1 aliphatic rings. The van der Waals surface area contributed by atoms with Crippen molar-refractivity contribution in [3.63, 3.8) is 0 Å². The van der Waals surface area contributed by atoms with Gasteiger partial charge < -0.3 is 9.15 Å². The summed E-state index contributed by atoms with van der Waals surface area (Å²) in [6, 6.07) is 20.0. The van der Waals surface area contributed by atoms with Crippen LogP contribution in [0.1, 0.15) is 45.8 Å². The van der Waals surface area contributed by atoms with Gasteiger partial charge in [0.2, 0.25) is 5.76 Å². The molecule has 1 aromatic heterocycles. The molecule has 1 amide bonds. The highest BCUT2D eigenvalue weighted by Gasteiger charge is 2.43. The molecule has 0 bridgehead atoms. The Labute approximate surface area is 185 Å². The highest BCUT2D eigenvalue weighted by molar-refractivity contribution is 6.10. The van der Waals surface area contributed by atoms with Gasteiger partial charge in [-0.15, -0.1) is 0 Å². The van der Waals surface area contributed by atoms with Crippen LogP contribution in [0.25, 0.3) is 11.0 Å². The fraction of sp³-hybridized carbons (Fsp3) is 0.185. The Morgan fingerprint density at radius 2 is 1.62 bits per heavy atom. The number of ether oxygens (including phenoxy) is 1. The van der Waals surface area contributed by atoms with Crippen molar-refractivity contribution < 1.29 is 13.9 Å². The minimum Gasteiger partial charge on any atom is -0.494 e. The molecule has 5 nitrogen and oxygen atoms in total. The highest BCUT2D eigenvalue weighted by atomic mass is 16.5. The van der Waals surface area contributed by atoms with Gasteiger partial charge in [0.05, 0.1) is 23.6 Å². The van der Waals surface area contributed by atoms with E-state index >= 15 is 0 Å². The predicted molar refractivity (Wildman–Crippen MR) is 125 cm³/mol. The summed E-state index contributed by atoms with van der Waals surface area (Å²) < 4.78 is 11.6. The Hall–Kier alpha value is -3.86. The number of hydrogen-bond acceptors (Lipinski definition) is 4. The summed E-state index contributed by atoms with van der Waals surface area (Å²) in [5, 5.41) is 0.495. The Kier molecular flexibility index (Phi) is 4.82. The maximum Gasteiger partial charge on any atom is 0.295 e. The fourth-order valence-electron chi connectivity index (χ4n) is 4.31. The Morgan fingerprint density at radius 1 is 0.938 bits per heavy atom. The molecular weight excluding hydrogens is 402 g/mol. The summed E-state index contributed by atoms with van der Waals surface area (Å²) in [5.41, 5.74) is 4.19. The lowest BCUT2D eigenvalue weighted by Gasteiger charge is -2.25. The van der Waals surface area contributed by atoms with Gasteiger partial charge in [0, 0.05) is 5.69 Å². The van der Waals surface area contributed by atoms with E-state index in [0.29, 0.717) is 28.8 Å². The van der Waals surface area contributed by atoms with Gasteiger partial charge in [-0.3, -0.25) is 14.5 Å². The number of rotatable bonds is 4. The summed E-state index contributed by atoms with van der Waals surface area (Å²) in [7, 11) is 0. The van der Waals surface area contributed by atoms with Crippen molar-refractivity contribution in [2.75, 3.05) is 11.5 Å². The lowest BCUT2D eigenvalue weighted by Crippen LogP contribution is -2.29. The predicted octanol–water partition coefficient (Wildman–Crippen LogP) is 5.56. The number of nitrogens with zero attached hydrogens (tertiary/aromatic N) is 1. The van der Waals surface area contributed by atoms with Crippen LogP contribution in [0.5, 0.6) is 5.75 Å². The van der Waals surface area contributed by atoms with Crippen molar-refractivity contribution in [3.8, 4) is 5.75 Å². The molecule has 5 rings (SSSR count). The second kappa shape index (κ2) is 7.68. The van der Waals surface area contributed by atoms with E-state index in [-0.39, 0.29) is 17.1 Å². The van der Waals surface area contributed by atoms with Crippen molar-refractivity contribution in [2.24, 2.45) is 0 Å². The van der Waals surface area contributed by atoms with E-state index in [1.165, 1.54) is 0 Å². The first-order chi connectivity index (χ1) is 15.5. The molecule has 0 aliphatic carbocycles. The molecule has 1 unspecified atom stereocenters. The van der Waals surface area contributed by atoms with Crippen LogP contribution >= 0.6 is 0 Å². The third kappa shape index (κ3) is 3.09. The maximum absolute atomic E-state index is 13.7. The Morgan fingerprint density at radius 3 is 2.31 bits per heavy atom. The normalized spacial score (nSPS) is 15.3. The summed E-state index contributed by atoms with van der Waals surface area (Å²) in [6.07, 6.45) is 0. The van der Waals surface area contributed by atoms with Gasteiger partial charge >= 0.3 is 0 Å². The number of anilines is 1. The molecule has 0 spiro atoms. The van der Waals surface area contributed by atoms with Crippen molar-refractivity contribution >= 4 is 22.6 Å². The molecule has 2 heterocycles. The van der Waals surface area contributed by atoms with E-state index in [4.69, 9.17) is 9.15 Å². The van der Waals surface area contributed by atoms with Crippen molar-refractivity contribution in [2.45, 2.75) is 26.8 Å². The molecule has 0 saturated heterocycles. The van der Waals surface area contributed by atoms with E-state index < -0.39 is 6.04 Å². The van der Waals surface area contributed by atoms with E-state index in [2.05, 4.69) is 0 Å². The van der Waals surface area contributed by atoms with E-state index in [0.717, 1.165) is 22.4 Å². The first-order valence-electron chi connectivity index (χ1n) is 10.7. The lowest BCUT2D eigenvalue weighted by molar-refractivity contribution is 0.0971. The smallest absolute Gasteiger partial charge is 0.295 e. The van der Waals surface area contributed by atoms with Crippen LogP contribution in [0.3, 0.4) is 0 Å². The Bertz CT molecular complexity index is 1390. The van der Waals surface area contributed by atoms with E-state index in [1.54, 1.807) is 4.90 Å². The summed E-state index contributed by atoms with van der Waals surface area (Å²) in [6.45, 7) is 6.41. The van der Waals surface area contributed by atoms with Crippen molar-refractivity contribution in [1.82, 2.24) is 0 Å². The Balaban J connectivity index is 1.75. The van der Waals surface area contributed by atoms with Gasteiger partial charge in [-0.1, -0.05) is 30.3 Å². The van der Waals surface area contributed by atoms with E-state index in [1.807, 2.05) is 87.5 Å². The summed E-state index contributed by atoms with van der Waals surface area (Å²) in [4.78, 5) is 28.9. The van der Waals surface area contributed by atoms with Crippen LogP contribution in [0.15, 0.2) is 75.9 Å². The fourth-order valence-corrected chi connectivity index (χ4v) is 4.31. The van der Waals surface area contributed by atoms with Gasteiger partial charge in [0.1, 0.15) is 11.3 Å². The van der Waals surface area contributed by atoms with Crippen LogP contribution in [0.4, 0.5) is 5.69 Å². The molecule has 3 aromatic carbocycles. The summed E-state index contributed by atoms with van der Waals surface area (Å²) in [5.74, 6) is 0.506. The molecule has 0 radical (unpaired) electrons. The quantitative estimate of drug-likeness (QED) is 0.430. The summed E-state index contributed by atoms with van der Waals surface area (Å²) >= 11 is 0. The van der Waals surface area contributed by atoms with Crippen molar-refractivity contribution in [3.05, 3.63) is 105 Å². The third-order valence-corrected chi connectivity index (χ3v) is 6.03. The van der Waals surface area contributed by atoms with Gasteiger partial charge in [0.25, 0.3) is 5.91 Å². The maximum atomic E-state index is 13.7.